The lowest BCUT2D eigenvalue weighted by Gasteiger charge is -2.25. The third-order valence-electron chi connectivity index (χ3n) is 3.46. The highest BCUT2D eigenvalue weighted by atomic mass is 79.9. The van der Waals surface area contributed by atoms with Crippen LogP contribution in [-0.4, -0.2) is 17.5 Å². The van der Waals surface area contributed by atoms with E-state index in [9.17, 15) is 0 Å². The van der Waals surface area contributed by atoms with E-state index >= 15 is 0 Å². The predicted molar refractivity (Wildman–Crippen MR) is 74.3 cm³/mol. The highest BCUT2D eigenvalue weighted by Gasteiger charge is 2.18. The second kappa shape index (κ2) is 9.47. The lowest BCUT2D eigenvalue weighted by molar-refractivity contribution is 0.0276. The molecule has 0 spiro atoms. The van der Waals surface area contributed by atoms with E-state index in [0.717, 1.165) is 11.4 Å². The fourth-order valence-corrected chi connectivity index (χ4v) is 2.85. The molecular weight excluding hydrogens is 264 g/mol. The average Bonchev–Trinajstić information content (AvgIpc) is 2.30. The molecule has 0 aromatic rings. The van der Waals surface area contributed by atoms with Gasteiger partial charge in [-0.25, -0.2) is 0 Å². The Balaban J connectivity index is 1.84. The Kier molecular flexibility index (Phi) is 8.58. The van der Waals surface area contributed by atoms with E-state index in [0.29, 0.717) is 6.10 Å². The summed E-state index contributed by atoms with van der Waals surface area (Å²) in [5.41, 5.74) is 0. The number of ether oxygens (including phenoxy) is 1. The van der Waals surface area contributed by atoms with E-state index in [1.165, 1.54) is 64.2 Å². The topological polar surface area (TPSA) is 9.23 Å². The van der Waals surface area contributed by atoms with E-state index in [1.54, 1.807) is 0 Å². The summed E-state index contributed by atoms with van der Waals surface area (Å²) in [7, 11) is 0. The van der Waals surface area contributed by atoms with Crippen molar-refractivity contribution in [2.75, 3.05) is 6.61 Å². The van der Waals surface area contributed by atoms with Crippen molar-refractivity contribution in [2.24, 2.45) is 0 Å². The zero-order chi connectivity index (χ0) is 11.6. The molecule has 0 amide bonds. The molecule has 2 heteroatoms. The molecule has 16 heavy (non-hydrogen) atoms. The van der Waals surface area contributed by atoms with Crippen molar-refractivity contribution in [2.45, 2.75) is 82.1 Å². The van der Waals surface area contributed by atoms with Gasteiger partial charge in [-0.15, -0.1) is 0 Å². The van der Waals surface area contributed by atoms with Crippen LogP contribution in [0.3, 0.4) is 0 Å². The van der Waals surface area contributed by atoms with Crippen molar-refractivity contribution in [3.05, 3.63) is 0 Å². The second-order valence-corrected chi connectivity index (χ2v) is 6.31. The number of alkyl halides is 1. The molecule has 1 aliphatic rings. The van der Waals surface area contributed by atoms with Crippen LogP contribution in [0.25, 0.3) is 0 Å². The molecule has 0 saturated heterocycles. The summed E-state index contributed by atoms with van der Waals surface area (Å²) in [6.07, 6.45) is 13.8. The van der Waals surface area contributed by atoms with E-state index in [4.69, 9.17) is 4.74 Å². The quantitative estimate of drug-likeness (QED) is 0.448. The fraction of sp³-hybridized carbons (Fsp3) is 1.00. The van der Waals surface area contributed by atoms with Crippen LogP contribution < -0.4 is 0 Å². The van der Waals surface area contributed by atoms with Gasteiger partial charge in [0.15, 0.2) is 0 Å². The third kappa shape index (κ3) is 6.90. The Morgan fingerprint density at radius 2 is 1.56 bits per heavy atom. The molecule has 1 fully saturated rings. The molecule has 0 heterocycles. The Morgan fingerprint density at radius 3 is 2.25 bits per heavy atom. The Labute approximate surface area is 109 Å². The predicted octanol–water partition coefficient (Wildman–Crippen LogP) is 5.07. The van der Waals surface area contributed by atoms with Gasteiger partial charge >= 0.3 is 0 Å². The standard InChI is InChI=1S/C14H27BrO/c1-2-3-4-5-6-7-12-16-14-10-8-13(15)9-11-14/h13-14H,2-12H2,1H3. The molecule has 0 aliphatic heterocycles. The first-order chi connectivity index (χ1) is 7.83. The Morgan fingerprint density at radius 1 is 0.938 bits per heavy atom. The zero-order valence-electron chi connectivity index (χ0n) is 10.7. The highest BCUT2D eigenvalue weighted by Crippen LogP contribution is 2.26. The maximum atomic E-state index is 5.92. The first-order valence-corrected chi connectivity index (χ1v) is 8.00. The first-order valence-electron chi connectivity index (χ1n) is 7.08. The highest BCUT2D eigenvalue weighted by molar-refractivity contribution is 9.09. The van der Waals surface area contributed by atoms with E-state index < -0.39 is 0 Å². The van der Waals surface area contributed by atoms with E-state index in [1.807, 2.05) is 0 Å². The summed E-state index contributed by atoms with van der Waals surface area (Å²) in [6, 6.07) is 0. The molecule has 0 N–H and O–H groups in total. The molecule has 1 saturated carbocycles. The summed E-state index contributed by atoms with van der Waals surface area (Å²) < 4.78 is 5.92. The summed E-state index contributed by atoms with van der Waals surface area (Å²) in [6.45, 7) is 3.26. The van der Waals surface area contributed by atoms with Crippen molar-refractivity contribution < 1.29 is 4.74 Å². The molecular formula is C14H27BrO. The molecule has 1 nitrogen and oxygen atoms in total. The SMILES string of the molecule is CCCCCCCCOC1CCC(Br)CC1. The zero-order valence-corrected chi connectivity index (χ0v) is 12.3. The van der Waals surface area contributed by atoms with Gasteiger partial charge in [-0.2, -0.15) is 0 Å². The smallest absolute Gasteiger partial charge is 0.0576 e. The molecule has 1 rings (SSSR count). The van der Waals surface area contributed by atoms with Gasteiger partial charge in [0.1, 0.15) is 0 Å². The van der Waals surface area contributed by atoms with Gasteiger partial charge < -0.3 is 4.74 Å². The molecule has 0 aromatic carbocycles. The third-order valence-corrected chi connectivity index (χ3v) is 4.37. The lowest BCUT2D eigenvalue weighted by Crippen LogP contribution is -2.21. The van der Waals surface area contributed by atoms with Gasteiger partial charge in [0.25, 0.3) is 0 Å². The van der Waals surface area contributed by atoms with Crippen LogP contribution in [0.4, 0.5) is 0 Å². The van der Waals surface area contributed by atoms with Gasteiger partial charge in [0, 0.05) is 11.4 Å². The van der Waals surface area contributed by atoms with E-state index in [-0.39, 0.29) is 0 Å². The van der Waals surface area contributed by atoms with Crippen LogP contribution in [0.15, 0.2) is 0 Å². The van der Waals surface area contributed by atoms with Crippen molar-refractivity contribution in [3.8, 4) is 0 Å². The van der Waals surface area contributed by atoms with Crippen LogP contribution >= 0.6 is 15.9 Å². The largest absolute Gasteiger partial charge is 0.378 e. The van der Waals surface area contributed by atoms with Crippen LogP contribution in [0.5, 0.6) is 0 Å². The number of rotatable bonds is 8. The normalized spacial score (nSPS) is 25.9. The second-order valence-electron chi connectivity index (χ2n) is 5.01. The van der Waals surface area contributed by atoms with E-state index in [2.05, 4.69) is 22.9 Å². The Bertz CT molecular complexity index is 153. The van der Waals surface area contributed by atoms with Gasteiger partial charge in [0.05, 0.1) is 6.10 Å². The van der Waals surface area contributed by atoms with Crippen LogP contribution in [0.1, 0.15) is 71.1 Å². The summed E-state index contributed by atoms with van der Waals surface area (Å²) in [5.74, 6) is 0. The number of hydrogen-bond donors (Lipinski definition) is 0. The van der Waals surface area contributed by atoms with Gasteiger partial charge in [-0.1, -0.05) is 55.0 Å². The minimum Gasteiger partial charge on any atom is -0.378 e. The minimum absolute atomic E-state index is 0.560. The van der Waals surface area contributed by atoms with Crippen LogP contribution in [0.2, 0.25) is 0 Å². The molecule has 0 bridgehead atoms. The van der Waals surface area contributed by atoms with Gasteiger partial charge in [-0.05, 0) is 32.1 Å². The minimum atomic E-state index is 0.560. The van der Waals surface area contributed by atoms with Crippen molar-refractivity contribution in [1.29, 1.82) is 0 Å². The van der Waals surface area contributed by atoms with Gasteiger partial charge in [0.2, 0.25) is 0 Å². The molecule has 1 aliphatic carbocycles. The summed E-state index contributed by atoms with van der Waals surface area (Å²) in [5, 5.41) is 0. The number of hydrogen-bond acceptors (Lipinski definition) is 1. The first kappa shape index (κ1) is 14.5. The average molecular weight is 291 g/mol. The molecule has 0 aromatic heterocycles. The Hall–Kier alpha value is 0.440. The number of unbranched alkanes of at least 4 members (excludes halogenated alkanes) is 5. The molecule has 96 valence electrons. The van der Waals surface area contributed by atoms with Crippen LogP contribution in [0, 0.1) is 0 Å². The number of halogens is 1. The fourth-order valence-electron chi connectivity index (χ4n) is 2.32. The summed E-state index contributed by atoms with van der Waals surface area (Å²) in [4.78, 5) is 0.751. The van der Waals surface area contributed by atoms with Crippen LogP contribution in [-0.2, 0) is 4.74 Å². The van der Waals surface area contributed by atoms with Crippen molar-refractivity contribution >= 4 is 15.9 Å². The monoisotopic (exact) mass is 290 g/mol. The van der Waals surface area contributed by atoms with Crippen molar-refractivity contribution in [3.63, 3.8) is 0 Å². The van der Waals surface area contributed by atoms with Gasteiger partial charge in [-0.3, -0.25) is 0 Å². The maximum absolute atomic E-state index is 5.92. The molecule has 0 atom stereocenters. The molecule has 0 radical (unpaired) electrons. The summed E-state index contributed by atoms with van der Waals surface area (Å²) >= 11 is 3.68. The van der Waals surface area contributed by atoms with Crippen molar-refractivity contribution in [1.82, 2.24) is 0 Å². The molecule has 0 unspecified atom stereocenters. The lowest BCUT2D eigenvalue weighted by atomic mass is 9.97. The maximum Gasteiger partial charge on any atom is 0.0576 e.